The Balaban J connectivity index is 1.70. The molecule has 2 amide bonds. The molecule has 140 valence electrons. The molecule has 0 saturated heterocycles. The molecule has 4 rings (SSSR count). The number of carbonyl (C=O) groups is 2. The third-order valence-electron chi connectivity index (χ3n) is 4.56. The Labute approximate surface area is 168 Å². The Morgan fingerprint density at radius 3 is 2.85 bits per heavy atom. The summed E-state index contributed by atoms with van der Waals surface area (Å²) in [6, 6.07) is 6.16. The van der Waals surface area contributed by atoms with Gasteiger partial charge in [0.25, 0.3) is 5.91 Å². The molecule has 0 aliphatic carbocycles. The Kier molecular flexibility index (Phi) is 4.83. The second kappa shape index (κ2) is 7.14. The molecule has 0 fully saturated rings. The van der Waals surface area contributed by atoms with Gasteiger partial charge in [0.05, 0.1) is 22.3 Å². The number of hydrogen-bond acceptors (Lipinski definition) is 7. The van der Waals surface area contributed by atoms with E-state index in [9.17, 15) is 9.59 Å². The zero-order valence-corrected chi connectivity index (χ0v) is 17.3. The maximum atomic E-state index is 12.1. The van der Waals surface area contributed by atoms with Crippen molar-refractivity contribution in [2.24, 2.45) is 5.73 Å². The standard InChI is InChI=1S/C18H18N4O2S3/c1-9(23)22-6-5-11-14(8-22)26-17(15(11)16(19)24)21-18-20-12-4-3-10(25-2)7-13(12)27-18/h3-4,7H,5-6,8H2,1-2H3,(H2,19,24)(H,20,21). The fourth-order valence-corrected chi connectivity index (χ4v) is 5.96. The monoisotopic (exact) mass is 418 g/mol. The Hall–Kier alpha value is -2.10. The predicted octanol–water partition coefficient (Wildman–Crippen LogP) is 3.83. The summed E-state index contributed by atoms with van der Waals surface area (Å²) in [7, 11) is 0. The molecule has 9 heteroatoms. The summed E-state index contributed by atoms with van der Waals surface area (Å²) in [6.45, 7) is 2.70. The van der Waals surface area contributed by atoms with Crippen LogP contribution in [0.4, 0.5) is 10.1 Å². The van der Waals surface area contributed by atoms with Gasteiger partial charge in [0, 0.05) is 23.2 Å². The van der Waals surface area contributed by atoms with E-state index in [0.717, 1.165) is 25.8 Å². The number of amides is 2. The number of thiophene rings is 1. The van der Waals surface area contributed by atoms with Gasteiger partial charge in [-0.1, -0.05) is 11.3 Å². The van der Waals surface area contributed by atoms with Gasteiger partial charge in [0.2, 0.25) is 5.91 Å². The van der Waals surface area contributed by atoms with Gasteiger partial charge in [0.1, 0.15) is 5.00 Å². The maximum absolute atomic E-state index is 12.1. The molecule has 0 radical (unpaired) electrons. The Morgan fingerprint density at radius 2 is 2.15 bits per heavy atom. The Morgan fingerprint density at radius 1 is 1.33 bits per heavy atom. The molecule has 3 heterocycles. The highest BCUT2D eigenvalue weighted by Crippen LogP contribution is 2.40. The van der Waals surface area contributed by atoms with E-state index in [-0.39, 0.29) is 5.91 Å². The van der Waals surface area contributed by atoms with Crippen molar-refractivity contribution < 1.29 is 9.59 Å². The second-order valence-corrected chi connectivity index (χ2v) is 9.26. The van der Waals surface area contributed by atoms with E-state index in [1.165, 1.54) is 16.2 Å². The average Bonchev–Trinajstić information content (AvgIpc) is 3.20. The number of aromatic nitrogens is 1. The summed E-state index contributed by atoms with van der Waals surface area (Å²) in [5.41, 5.74) is 8.08. The number of rotatable bonds is 4. The van der Waals surface area contributed by atoms with Crippen LogP contribution in [0.1, 0.15) is 27.7 Å². The zero-order chi connectivity index (χ0) is 19.1. The number of carbonyl (C=O) groups excluding carboxylic acids is 2. The van der Waals surface area contributed by atoms with E-state index in [2.05, 4.69) is 16.4 Å². The molecule has 3 aromatic rings. The van der Waals surface area contributed by atoms with Crippen LogP contribution in [0.2, 0.25) is 0 Å². The number of anilines is 2. The summed E-state index contributed by atoms with van der Waals surface area (Å²) in [6.07, 6.45) is 2.68. The smallest absolute Gasteiger partial charge is 0.251 e. The quantitative estimate of drug-likeness (QED) is 0.629. The number of nitrogens with one attached hydrogen (secondary N) is 1. The molecule has 2 aromatic heterocycles. The number of nitrogens with zero attached hydrogens (tertiary/aromatic N) is 2. The van der Waals surface area contributed by atoms with Crippen LogP contribution < -0.4 is 11.1 Å². The molecular formula is C18H18N4O2S3. The van der Waals surface area contributed by atoms with E-state index in [4.69, 9.17) is 5.73 Å². The van der Waals surface area contributed by atoms with Crippen molar-refractivity contribution in [1.29, 1.82) is 0 Å². The first kappa shape index (κ1) is 18.3. The van der Waals surface area contributed by atoms with Crippen LogP contribution >= 0.6 is 34.4 Å². The highest BCUT2D eigenvalue weighted by atomic mass is 32.2. The number of fused-ring (bicyclic) bond motifs is 2. The van der Waals surface area contributed by atoms with E-state index in [0.29, 0.717) is 30.1 Å². The first-order chi connectivity index (χ1) is 13.0. The summed E-state index contributed by atoms with van der Waals surface area (Å²) < 4.78 is 1.09. The van der Waals surface area contributed by atoms with Crippen molar-refractivity contribution in [2.75, 3.05) is 18.1 Å². The van der Waals surface area contributed by atoms with Crippen LogP contribution in [0.3, 0.4) is 0 Å². The molecule has 1 aromatic carbocycles. The summed E-state index contributed by atoms with van der Waals surface area (Å²) in [5, 5.41) is 4.74. The molecular weight excluding hydrogens is 400 g/mol. The lowest BCUT2D eigenvalue weighted by Gasteiger charge is -2.25. The second-order valence-electron chi connectivity index (χ2n) is 6.24. The van der Waals surface area contributed by atoms with Gasteiger partial charge in [-0.05, 0) is 36.4 Å². The van der Waals surface area contributed by atoms with Crippen LogP contribution in [0, 0.1) is 0 Å². The topological polar surface area (TPSA) is 88.3 Å². The van der Waals surface area contributed by atoms with Crippen LogP contribution in [-0.2, 0) is 17.8 Å². The van der Waals surface area contributed by atoms with Crippen molar-refractivity contribution in [3.8, 4) is 0 Å². The minimum Gasteiger partial charge on any atom is -0.365 e. The largest absolute Gasteiger partial charge is 0.365 e. The van der Waals surface area contributed by atoms with Crippen molar-refractivity contribution in [3.63, 3.8) is 0 Å². The predicted molar refractivity (Wildman–Crippen MR) is 112 cm³/mol. The third-order valence-corrected chi connectivity index (χ3v) is 7.36. The minimum atomic E-state index is -0.447. The molecule has 1 aliphatic heterocycles. The molecule has 0 unspecified atom stereocenters. The van der Waals surface area contributed by atoms with E-state index in [1.54, 1.807) is 34.9 Å². The first-order valence-electron chi connectivity index (χ1n) is 8.37. The minimum absolute atomic E-state index is 0.0416. The molecule has 3 N–H and O–H groups in total. The summed E-state index contributed by atoms with van der Waals surface area (Å²) >= 11 is 4.72. The van der Waals surface area contributed by atoms with Crippen molar-refractivity contribution in [2.45, 2.75) is 24.8 Å². The van der Waals surface area contributed by atoms with Crippen LogP contribution in [0.15, 0.2) is 23.1 Å². The van der Waals surface area contributed by atoms with Gasteiger partial charge < -0.3 is 16.0 Å². The molecule has 0 atom stereocenters. The van der Waals surface area contributed by atoms with Gasteiger partial charge in [-0.2, -0.15) is 0 Å². The van der Waals surface area contributed by atoms with E-state index >= 15 is 0 Å². The van der Waals surface area contributed by atoms with Gasteiger partial charge in [-0.15, -0.1) is 23.1 Å². The summed E-state index contributed by atoms with van der Waals surface area (Å²) in [4.78, 5) is 32.4. The average molecular weight is 419 g/mol. The number of nitrogens with two attached hydrogens (primary N) is 1. The molecule has 6 nitrogen and oxygen atoms in total. The SMILES string of the molecule is CSc1ccc2nc(Nc3sc4c(c3C(N)=O)CCN(C(C)=O)C4)sc2c1. The third kappa shape index (κ3) is 3.42. The van der Waals surface area contributed by atoms with Crippen LogP contribution in [0.25, 0.3) is 10.2 Å². The molecule has 0 saturated carbocycles. The highest BCUT2D eigenvalue weighted by molar-refractivity contribution is 7.98. The zero-order valence-electron chi connectivity index (χ0n) is 14.9. The van der Waals surface area contributed by atoms with Crippen molar-refractivity contribution in [3.05, 3.63) is 34.2 Å². The first-order valence-corrected chi connectivity index (χ1v) is 11.2. The van der Waals surface area contributed by atoms with Crippen molar-refractivity contribution >= 4 is 66.6 Å². The van der Waals surface area contributed by atoms with E-state index in [1.807, 2.05) is 18.4 Å². The fraction of sp³-hybridized carbons (Fsp3) is 0.278. The number of benzene rings is 1. The number of primary amides is 1. The number of thiazole rings is 1. The van der Waals surface area contributed by atoms with Gasteiger partial charge in [-0.3, -0.25) is 9.59 Å². The number of hydrogen-bond donors (Lipinski definition) is 2. The fourth-order valence-electron chi connectivity index (χ4n) is 3.20. The molecule has 27 heavy (non-hydrogen) atoms. The maximum Gasteiger partial charge on any atom is 0.251 e. The molecule has 0 bridgehead atoms. The number of thioether (sulfide) groups is 1. The highest BCUT2D eigenvalue weighted by Gasteiger charge is 2.28. The van der Waals surface area contributed by atoms with E-state index < -0.39 is 5.91 Å². The van der Waals surface area contributed by atoms with Crippen LogP contribution in [0.5, 0.6) is 0 Å². The Bertz CT molecular complexity index is 1060. The van der Waals surface area contributed by atoms with Gasteiger partial charge in [-0.25, -0.2) is 4.98 Å². The van der Waals surface area contributed by atoms with Gasteiger partial charge in [0.15, 0.2) is 5.13 Å². The summed E-state index contributed by atoms with van der Waals surface area (Å²) in [5.74, 6) is -0.406. The molecule has 1 aliphatic rings. The van der Waals surface area contributed by atoms with Crippen molar-refractivity contribution in [1.82, 2.24) is 9.88 Å². The lowest BCUT2D eigenvalue weighted by molar-refractivity contribution is -0.129. The van der Waals surface area contributed by atoms with Crippen LogP contribution in [-0.4, -0.2) is 34.5 Å². The lowest BCUT2D eigenvalue weighted by atomic mass is 10.0. The van der Waals surface area contributed by atoms with Gasteiger partial charge >= 0.3 is 0 Å². The normalized spacial score (nSPS) is 13.6. The lowest BCUT2D eigenvalue weighted by Crippen LogP contribution is -2.34. The molecule has 0 spiro atoms.